The number of halogens is 1. The number of aromatic nitrogens is 2. The summed E-state index contributed by atoms with van der Waals surface area (Å²) in [5.74, 6) is -0.308. The summed E-state index contributed by atoms with van der Waals surface area (Å²) >= 11 is 1.03. The number of fused-ring (bicyclic) bond motifs is 1. The van der Waals surface area contributed by atoms with Gasteiger partial charge in [-0.25, -0.2) is 4.39 Å². The Morgan fingerprint density at radius 1 is 1.53 bits per heavy atom. The molecule has 0 spiro atoms. The Morgan fingerprint density at radius 3 is 2.93 bits per heavy atom. The predicted molar refractivity (Wildman–Crippen MR) is 60.9 cm³/mol. The van der Waals surface area contributed by atoms with E-state index >= 15 is 0 Å². The van der Waals surface area contributed by atoms with Crippen molar-refractivity contribution in [2.45, 2.75) is 4.90 Å². The van der Waals surface area contributed by atoms with Gasteiger partial charge in [-0.1, -0.05) is 11.9 Å². The first-order valence-electron chi connectivity index (χ1n) is 4.14. The van der Waals surface area contributed by atoms with Crippen LogP contribution in [0.5, 0.6) is 0 Å². The third-order valence-corrected chi connectivity index (χ3v) is 2.31. The van der Waals surface area contributed by atoms with Crippen molar-refractivity contribution in [3.8, 4) is 0 Å². The highest BCUT2D eigenvalue weighted by atomic mass is 32.2. The molecular weight excluding hydrogens is 214 g/mol. The van der Waals surface area contributed by atoms with Gasteiger partial charge in [-0.2, -0.15) is 5.10 Å². The van der Waals surface area contributed by atoms with E-state index in [-0.39, 0.29) is 5.82 Å². The Kier molecular flexibility index (Phi) is 4.60. The quantitative estimate of drug-likeness (QED) is 0.525. The number of rotatable bonds is 2. The molecular formula is C8H10BFN4S. The largest absolute Gasteiger partial charge is 0.333 e. The minimum Gasteiger partial charge on any atom is -0.333 e. The van der Waals surface area contributed by atoms with Gasteiger partial charge in [0.1, 0.15) is 5.82 Å². The maximum absolute atomic E-state index is 13.2. The van der Waals surface area contributed by atoms with E-state index in [0.717, 1.165) is 22.9 Å². The van der Waals surface area contributed by atoms with E-state index in [0.29, 0.717) is 4.90 Å². The second-order valence-corrected chi connectivity index (χ2v) is 3.34. The Morgan fingerprint density at radius 2 is 2.27 bits per heavy atom. The topological polar surface area (TPSA) is 66.7 Å². The van der Waals surface area contributed by atoms with Crippen molar-refractivity contribution in [2.75, 3.05) is 7.05 Å². The first-order valence-corrected chi connectivity index (χ1v) is 4.95. The molecule has 0 fully saturated rings. The molecule has 0 saturated carbocycles. The molecule has 0 atom stereocenters. The average Bonchev–Trinajstić information content (AvgIpc) is 2.69. The molecule has 1 heterocycles. The lowest BCUT2D eigenvalue weighted by atomic mass is 10.2. The van der Waals surface area contributed by atoms with Gasteiger partial charge in [0.05, 0.1) is 16.6 Å². The predicted octanol–water partition coefficient (Wildman–Crippen LogP) is 0.957. The molecule has 0 aliphatic heterocycles. The number of hydrogen-bond acceptors (Lipinski definition) is 4. The van der Waals surface area contributed by atoms with Gasteiger partial charge in [0.2, 0.25) is 0 Å². The molecule has 0 aliphatic rings. The van der Waals surface area contributed by atoms with Crippen LogP contribution in [-0.4, -0.2) is 25.2 Å². The second-order valence-electron chi connectivity index (χ2n) is 2.46. The lowest BCUT2D eigenvalue weighted by Gasteiger charge is -2.00. The zero-order valence-electron chi connectivity index (χ0n) is 8.12. The van der Waals surface area contributed by atoms with E-state index in [1.165, 1.54) is 13.1 Å². The summed E-state index contributed by atoms with van der Waals surface area (Å²) in [7, 11) is 6.57. The number of hydrogen-bond donors (Lipinski definition) is 3. The molecule has 2 aromatic rings. The average molecular weight is 224 g/mol. The van der Waals surface area contributed by atoms with Gasteiger partial charge in [0, 0.05) is 5.39 Å². The standard InChI is InChI=1S/C7H5BFN3S.CH5N/c8-12-13-7-2-6-4(1-5(7)9)3-10-11-6;1-2/h1-3,12H,(H,10,11);2H2,1H3. The van der Waals surface area contributed by atoms with Crippen LogP contribution in [0.3, 0.4) is 0 Å². The molecule has 0 amide bonds. The SMILES string of the molecule is CN.[B]NSc1cc2[nH]ncc2cc1F. The van der Waals surface area contributed by atoms with Crippen LogP contribution in [0.4, 0.5) is 4.39 Å². The molecule has 1 aromatic heterocycles. The molecule has 15 heavy (non-hydrogen) atoms. The first kappa shape index (κ1) is 12.0. The third kappa shape index (κ3) is 2.71. The highest BCUT2D eigenvalue weighted by molar-refractivity contribution is 7.98. The minimum atomic E-state index is -0.308. The molecule has 0 aliphatic carbocycles. The smallest absolute Gasteiger partial charge is 0.195 e. The molecule has 0 saturated heterocycles. The van der Waals surface area contributed by atoms with Crippen molar-refractivity contribution in [3.63, 3.8) is 0 Å². The number of benzene rings is 1. The van der Waals surface area contributed by atoms with Crippen molar-refractivity contribution in [3.05, 3.63) is 24.1 Å². The Balaban J connectivity index is 0.000000531. The number of nitrogens with two attached hydrogens (primary N) is 1. The maximum atomic E-state index is 13.2. The van der Waals surface area contributed by atoms with Gasteiger partial charge < -0.3 is 10.4 Å². The van der Waals surface area contributed by atoms with Crippen molar-refractivity contribution in [2.24, 2.45) is 5.73 Å². The van der Waals surface area contributed by atoms with E-state index in [2.05, 4.69) is 20.6 Å². The number of aromatic amines is 1. The highest BCUT2D eigenvalue weighted by Crippen LogP contribution is 2.23. The van der Waals surface area contributed by atoms with Gasteiger partial charge in [0.15, 0.2) is 7.98 Å². The molecule has 4 nitrogen and oxygen atoms in total. The Labute approximate surface area is 92.4 Å². The van der Waals surface area contributed by atoms with Crippen molar-refractivity contribution >= 4 is 30.8 Å². The molecule has 0 bridgehead atoms. The second kappa shape index (κ2) is 5.74. The van der Waals surface area contributed by atoms with Crippen molar-refractivity contribution in [1.29, 1.82) is 0 Å². The van der Waals surface area contributed by atoms with Crippen LogP contribution < -0.4 is 10.4 Å². The summed E-state index contributed by atoms with van der Waals surface area (Å²) in [4.78, 5) is 0.444. The maximum Gasteiger partial charge on any atom is 0.195 e. The van der Waals surface area contributed by atoms with Crippen LogP contribution in [0.15, 0.2) is 23.2 Å². The summed E-state index contributed by atoms with van der Waals surface area (Å²) in [5.41, 5.74) is 5.29. The fourth-order valence-corrected chi connectivity index (χ4v) is 1.55. The van der Waals surface area contributed by atoms with Crippen LogP contribution in [0, 0.1) is 5.82 Å². The fourth-order valence-electron chi connectivity index (χ4n) is 1.09. The zero-order valence-corrected chi connectivity index (χ0v) is 8.94. The molecule has 2 radical (unpaired) electrons. The van der Waals surface area contributed by atoms with E-state index in [4.69, 9.17) is 7.98 Å². The van der Waals surface area contributed by atoms with E-state index in [1.807, 2.05) is 0 Å². The number of nitrogens with zero attached hydrogens (tertiary/aromatic N) is 1. The fraction of sp³-hybridized carbons (Fsp3) is 0.125. The molecule has 0 unspecified atom stereocenters. The lowest BCUT2D eigenvalue weighted by molar-refractivity contribution is 0.604. The molecule has 1 aromatic carbocycles. The Hall–Kier alpha value is -1.05. The van der Waals surface area contributed by atoms with Crippen LogP contribution in [0.25, 0.3) is 10.9 Å². The summed E-state index contributed by atoms with van der Waals surface area (Å²) in [5, 5.41) is 7.29. The zero-order chi connectivity index (χ0) is 11.3. The molecule has 78 valence electrons. The number of nitrogens with one attached hydrogen (secondary N) is 2. The third-order valence-electron chi connectivity index (χ3n) is 1.66. The number of H-pyrrole nitrogens is 1. The van der Waals surface area contributed by atoms with Crippen LogP contribution in [0.1, 0.15) is 0 Å². The lowest BCUT2D eigenvalue weighted by Crippen LogP contribution is -1.95. The first-order chi connectivity index (χ1) is 7.31. The molecule has 2 rings (SSSR count). The monoisotopic (exact) mass is 224 g/mol. The van der Waals surface area contributed by atoms with Gasteiger partial charge in [-0.15, -0.1) is 0 Å². The van der Waals surface area contributed by atoms with Crippen LogP contribution in [-0.2, 0) is 0 Å². The summed E-state index contributed by atoms with van der Waals surface area (Å²) in [6.45, 7) is 0. The summed E-state index contributed by atoms with van der Waals surface area (Å²) in [6, 6.07) is 3.07. The summed E-state index contributed by atoms with van der Waals surface area (Å²) in [6.07, 6.45) is 1.57. The summed E-state index contributed by atoms with van der Waals surface area (Å²) < 4.78 is 15.6. The van der Waals surface area contributed by atoms with Crippen LogP contribution >= 0.6 is 11.9 Å². The molecule has 7 heteroatoms. The Bertz CT molecular complexity index is 433. The van der Waals surface area contributed by atoms with Gasteiger partial charge in [0.25, 0.3) is 0 Å². The van der Waals surface area contributed by atoms with E-state index < -0.39 is 0 Å². The highest BCUT2D eigenvalue weighted by Gasteiger charge is 2.05. The minimum absolute atomic E-state index is 0.308. The normalized spacial score (nSPS) is 9.80. The van der Waals surface area contributed by atoms with E-state index in [1.54, 1.807) is 12.3 Å². The van der Waals surface area contributed by atoms with Gasteiger partial charge in [-0.3, -0.25) is 5.10 Å². The van der Waals surface area contributed by atoms with Crippen molar-refractivity contribution in [1.82, 2.24) is 14.8 Å². The van der Waals surface area contributed by atoms with Gasteiger partial charge in [-0.05, 0) is 19.2 Å². The van der Waals surface area contributed by atoms with Gasteiger partial charge >= 0.3 is 0 Å². The molecule has 4 N–H and O–H groups in total. The van der Waals surface area contributed by atoms with Crippen molar-refractivity contribution < 1.29 is 4.39 Å². The van der Waals surface area contributed by atoms with E-state index in [9.17, 15) is 4.39 Å². The van der Waals surface area contributed by atoms with Crippen LogP contribution in [0.2, 0.25) is 0 Å².